The minimum absolute atomic E-state index is 0.185. The van der Waals surface area contributed by atoms with Crippen molar-refractivity contribution >= 4 is 0 Å². The molecule has 0 radical (unpaired) electrons. The second-order valence-corrected chi connectivity index (χ2v) is 7.96. The maximum absolute atomic E-state index is 10.7. The molecule has 1 aliphatic heterocycles. The molecule has 0 saturated carbocycles. The van der Waals surface area contributed by atoms with Crippen molar-refractivity contribution in [2.24, 2.45) is 0 Å². The molecule has 1 heterocycles. The van der Waals surface area contributed by atoms with Gasteiger partial charge in [-0.3, -0.25) is 0 Å². The molecule has 32 heavy (non-hydrogen) atoms. The second kappa shape index (κ2) is 11.9. The Morgan fingerprint density at radius 3 is 1.66 bits per heavy atom. The molecule has 0 bridgehead atoms. The smallest absolute Gasteiger partial charge is 0.115 e. The van der Waals surface area contributed by atoms with E-state index in [4.69, 9.17) is 18.9 Å². The van der Waals surface area contributed by atoms with E-state index in [-0.39, 0.29) is 12.7 Å². The van der Waals surface area contributed by atoms with Crippen LogP contribution in [0.3, 0.4) is 0 Å². The zero-order valence-corrected chi connectivity index (χ0v) is 18.1. The Kier molecular flexibility index (Phi) is 8.42. The first-order valence-electron chi connectivity index (χ1n) is 11.0. The van der Waals surface area contributed by atoms with Gasteiger partial charge < -0.3 is 24.1 Å². The van der Waals surface area contributed by atoms with E-state index >= 15 is 0 Å². The summed E-state index contributed by atoms with van der Waals surface area (Å²) in [5.74, 6) is 0. The first-order chi connectivity index (χ1) is 15.8. The largest absolute Gasteiger partial charge is 0.388 e. The van der Waals surface area contributed by atoms with Crippen molar-refractivity contribution in [2.75, 3.05) is 13.2 Å². The number of hydrogen-bond donors (Lipinski definition) is 1. The molecular weight excluding hydrogens is 404 g/mol. The van der Waals surface area contributed by atoms with Crippen LogP contribution in [-0.2, 0) is 38.8 Å². The first kappa shape index (κ1) is 22.6. The summed E-state index contributed by atoms with van der Waals surface area (Å²) in [5, 5.41) is 10.7. The van der Waals surface area contributed by atoms with E-state index < -0.39 is 18.3 Å². The lowest BCUT2D eigenvalue weighted by Gasteiger charge is -2.40. The van der Waals surface area contributed by atoms with Crippen LogP contribution in [0, 0.1) is 0 Å². The summed E-state index contributed by atoms with van der Waals surface area (Å²) in [6, 6.07) is 29.9. The molecule has 5 heteroatoms. The summed E-state index contributed by atoms with van der Waals surface area (Å²) in [7, 11) is 0. The molecule has 4 rings (SSSR count). The van der Waals surface area contributed by atoms with Crippen molar-refractivity contribution in [3.8, 4) is 0 Å². The molecule has 0 aromatic heterocycles. The minimum Gasteiger partial charge on any atom is -0.388 e. The lowest BCUT2D eigenvalue weighted by Crippen LogP contribution is -2.56. The maximum atomic E-state index is 10.7. The number of benzene rings is 3. The Morgan fingerprint density at radius 1 is 0.656 bits per heavy atom. The van der Waals surface area contributed by atoms with Gasteiger partial charge in [0.25, 0.3) is 0 Å². The summed E-state index contributed by atoms with van der Waals surface area (Å²) in [5.41, 5.74) is 3.20. The standard InChI is InChI=1S/C27H30O5/c28-24-19-30-25(20-29-16-21-10-4-1-5-11-21)27(32-18-23-14-8-3-9-15-23)26(24)31-17-22-12-6-2-7-13-22/h1-15,24-28H,16-20H2/t24-,25-,26-,27-/m1/s1. The monoisotopic (exact) mass is 434 g/mol. The van der Waals surface area contributed by atoms with E-state index in [2.05, 4.69) is 0 Å². The molecule has 4 atom stereocenters. The average molecular weight is 435 g/mol. The Morgan fingerprint density at radius 2 is 1.12 bits per heavy atom. The van der Waals surface area contributed by atoms with Crippen LogP contribution < -0.4 is 0 Å². The molecule has 168 valence electrons. The van der Waals surface area contributed by atoms with Crippen molar-refractivity contribution in [3.05, 3.63) is 108 Å². The van der Waals surface area contributed by atoms with Crippen LogP contribution in [0.25, 0.3) is 0 Å². The van der Waals surface area contributed by atoms with Gasteiger partial charge in [0.2, 0.25) is 0 Å². The van der Waals surface area contributed by atoms with Crippen molar-refractivity contribution < 1.29 is 24.1 Å². The molecule has 0 amide bonds. The van der Waals surface area contributed by atoms with Crippen LogP contribution >= 0.6 is 0 Å². The Balaban J connectivity index is 1.42. The Labute approximate surface area is 189 Å². The maximum Gasteiger partial charge on any atom is 0.115 e. The zero-order chi connectivity index (χ0) is 22.0. The highest BCUT2D eigenvalue weighted by Gasteiger charge is 2.41. The second-order valence-electron chi connectivity index (χ2n) is 7.96. The number of ether oxygens (including phenoxy) is 4. The van der Waals surface area contributed by atoms with Crippen LogP contribution in [-0.4, -0.2) is 42.7 Å². The van der Waals surface area contributed by atoms with Crippen LogP contribution in [0.1, 0.15) is 16.7 Å². The van der Waals surface area contributed by atoms with Crippen LogP contribution in [0.5, 0.6) is 0 Å². The minimum atomic E-state index is -0.773. The fourth-order valence-electron chi connectivity index (χ4n) is 3.79. The van der Waals surface area contributed by atoms with Gasteiger partial charge in [0, 0.05) is 0 Å². The van der Waals surface area contributed by atoms with Gasteiger partial charge in [-0.1, -0.05) is 91.0 Å². The van der Waals surface area contributed by atoms with E-state index in [0.29, 0.717) is 26.4 Å². The fourth-order valence-corrected chi connectivity index (χ4v) is 3.79. The highest BCUT2D eigenvalue weighted by molar-refractivity contribution is 5.15. The molecule has 3 aromatic rings. The van der Waals surface area contributed by atoms with E-state index in [1.807, 2.05) is 91.0 Å². The van der Waals surface area contributed by atoms with Gasteiger partial charge in [-0.2, -0.15) is 0 Å². The molecule has 5 nitrogen and oxygen atoms in total. The molecule has 0 aliphatic carbocycles. The van der Waals surface area contributed by atoms with Crippen molar-refractivity contribution in [3.63, 3.8) is 0 Å². The van der Waals surface area contributed by atoms with E-state index in [0.717, 1.165) is 16.7 Å². The van der Waals surface area contributed by atoms with E-state index in [1.54, 1.807) is 0 Å². The quantitative estimate of drug-likeness (QED) is 0.520. The summed E-state index contributed by atoms with van der Waals surface area (Å²) >= 11 is 0. The molecule has 1 fully saturated rings. The van der Waals surface area contributed by atoms with Gasteiger partial charge in [0.1, 0.15) is 24.4 Å². The van der Waals surface area contributed by atoms with E-state index in [9.17, 15) is 5.11 Å². The van der Waals surface area contributed by atoms with Gasteiger partial charge in [-0.25, -0.2) is 0 Å². The van der Waals surface area contributed by atoms with Crippen molar-refractivity contribution in [2.45, 2.75) is 44.2 Å². The van der Waals surface area contributed by atoms with Gasteiger partial charge in [-0.15, -0.1) is 0 Å². The van der Waals surface area contributed by atoms with Crippen molar-refractivity contribution in [1.29, 1.82) is 0 Å². The number of aliphatic hydroxyl groups is 1. The third-order valence-electron chi connectivity index (χ3n) is 5.51. The SMILES string of the molecule is O[C@@H]1CO[C@H](COCc2ccccc2)[C@@H](OCc2ccccc2)[C@@H]1OCc1ccccc1. The topological polar surface area (TPSA) is 57.2 Å². The highest BCUT2D eigenvalue weighted by atomic mass is 16.6. The Hall–Kier alpha value is -2.54. The summed E-state index contributed by atoms with van der Waals surface area (Å²) in [4.78, 5) is 0. The molecule has 0 spiro atoms. The number of hydrogen-bond acceptors (Lipinski definition) is 5. The number of aliphatic hydroxyl groups excluding tert-OH is 1. The highest BCUT2D eigenvalue weighted by Crippen LogP contribution is 2.24. The van der Waals surface area contributed by atoms with Gasteiger partial charge >= 0.3 is 0 Å². The normalized spacial score (nSPS) is 23.2. The Bertz CT molecular complexity index is 903. The lowest BCUT2D eigenvalue weighted by molar-refractivity contribution is -0.234. The van der Waals surface area contributed by atoms with Crippen LogP contribution in [0.4, 0.5) is 0 Å². The predicted octanol–water partition coefficient (Wildman–Crippen LogP) is 4.13. The summed E-state index contributed by atoms with van der Waals surface area (Å²) in [6.07, 6.45) is -2.09. The number of rotatable bonds is 10. The molecule has 1 N–H and O–H groups in total. The van der Waals surface area contributed by atoms with Gasteiger partial charge in [0.05, 0.1) is 33.0 Å². The van der Waals surface area contributed by atoms with Gasteiger partial charge in [0.15, 0.2) is 0 Å². The van der Waals surface area contributed by atoms with Gasteiger partial charge in [-0.05, 0) is 16.7 Å². The third kappa shape index (κ3) is 6.48. The van der Waals surface area contributed by atoms with Crippen LogP contribution in [0.15, 0.2) is 91.0 Å². The fraction of sp³-hybridized carbons (Fsp3) is 0.333. The molecule has 1 aliphatic rings. The first-order valence-corrected chi connectivity index (χ1v) is 11.0. The molecular formula is C27H30O5. The molecule has 3 aromatic carbocycles. The third-order valence-corrected chi connectivity index (χ3v) is 5.51. The lowest BCUT2D eigenvalue weighted by atomic mass is 9.99. The van der Waals surface area contributed by atoms with Crippen molar-refractivity contribution in [1.82, 2.24) is 0 Å². The predicted molar refractivity (Wildman–Crippen MR) is 122 cm³/mol. The van der Waals surface area contributed by atoms with Crippen LogP contribution in [0.2, 0.25) is 0 Å². The summed E-state index contributed by atoms with van der Waals surface area (Å²) in [6.45, 7) is 1.83. The van der Waals surface area contributed by atoms with E-state index in [1.165, 1.54) is 0 Å². The zero-order valence-electron chi connectivity index (χ0n) is 18.1. The molecule has 0 unspecified atom stereocenters. The summed E-state index contributed by atoms with van der Waals surface area (Å²) < 4.78 is 24.3. The molecule has 1 saturated heterocycles. The average Bonchev–Trinajstić information content (AvgIpc) is 2.85.